The Hall–Kier alpha value is -3.86. The van der Waals surface area contributed by atoms with Crippen molar-refractivity contribution in [3.05, 3.63) is 100 Å². The third-order valence-electron chi connectivity index (χ3n) is 6.26. The van der Waals surface area contributed by atoms with Gasteiger partial charge in [-0.15, -0.1) is 0 Å². The lowest BCUT2D eigenvalue weighted by Crippen LogP contribution is -2.29. The predicted octanol–water partition coefficient (Wildman–Crippen LogP) is 5.30. The molecule has 1 unspecified atom stereocenters. The van der Waals surface area contributed by atoms with E-state index in [0.717, 1.165) is 27.9 Å². The summed E-state index contributed by atoms with van der Waals surface area (Å²) in [5.74, 6) is -1.49. The van der Waals surface area contributed by atoms with Crippen molar-refractivity contribution >= 4 is 28.8 Å². The van der Waals surface area contributed by atoms with E-state index in [0.29, 0.717) is 11.3 Å². The van der Waals surface area contributed by atoms with Crippen molar-refractivity contribution in [2.24, 2.45) is 0 Å². The average molecular weight is 441 g/mol. The molecular formula is C28H28N2O3. The molecule has 1 atom stereocenters. The Morgan fingerprint density at radius 3 is 2.06 bits per heavy atom. The van der Waals surface area contributed by atoms with Crippen LogP contribution in [0.1, 0.15) is 33.9 Å². The Bertz CT molecular complexity index is 1260. The lowest BCUT2D eigenvalue weighted by molar-refractivity contribution is -0.132. The van der Waals surface area contributed by atoms with Crippen LogP contribution < -0.4 is 9.80 Å². The van der Waals surface area contributed by atoms with E-state index in [1.165, 1.54) is 4.90 Å². The van der Waals surface area contributed by atoms with Crippen LogP contribution in [0.2, 0.25) is 0 Å². The van der Waals surface area contributed by atoms with Crippen LogP contribution in [-0.2, 0) is 9.59 Å². The number of hydrogen-bond acceptors (Lipinski definition) is 4. The van der Waals surface area contributed by atoms with E-state index in [1.54, 1.807) is 6.07 Å². The molecule has 0 saturated carbocycles. The summed E-state index contributed by atoms with van der Waals surface area (Å²) in [6, 6.07) is 20.0. The SMILES string of the molecule is Cc1ccc(N2C(=O)C(=O)/C(=C(\O)c3ccc(C)c(C)c3)C2c2ccc(N(C)C)cc2)cc1. The number of Topliss-reactive ketones (excluding diaryl/α,β-unsaturated/α-hetero) is 1. The maximum Gasteiger partial charge on any atom is 0.300 e. The highest BCUT2D eigenvalue weighted by molar-refractivity contribution is 6.51. The van der Waals surface area contributed by atoms with Gasteiger partial charge in [0.2, 0.25) is 0 Å². The molecular weight excluding hydrogens is 412 g/mol. The number of rotatable bonds is 4. The van der Waals surface area contributed by atoms with Crippen molar-refractivity contribution in [3.63, 3.8) is 0 Å². The highest BCUT2D eigenvalue weighted by atomic mass is 16.3. The number of hydrogen-bond donors (Lipinski definition) is 1. The third-order valence-corrected chi connectivity index (χ3v) is 6.26. The molecule has 1 saturated heterocycles. The second-order valence-corrected chi connectivity index (χ2v) is 8.79. The van der Waals surface area contributed by atoms with E-state index in [-0.39, 0.29) is 11.3 Å². The van der Waals surface area contributed by atoms with Crippen LogP contribution in [0, 0.1) is 20.8 Å². The first kappa shape index (κ1) is 22.3. The average Bonchev–Trinajstić information content (AvgIpc) is 3.06. The molecule has 1 amide bonds. The number of benzene rings is 3. The van der Waals surface area contributed by atoms with E-state index in [2.05, 4.69) is 0 Å². The van der Waals surface area contributed by atoms with E-state index >= 15 is 0 Å². The molecule has 1 fully saturated rings. The van der Waals surface area contributed by atoms with Crippen molar-refractivity contribution in [3.8, 4) is 0 Å². The molecule has 1 aliphatic rings. The smallest absolute Gasteiger partial charge is 0.300 e. The van der Waals surface area contributed by atoms with Crippen LogP contribution in [-0.4, -0.2) is 30.9 Å². The fourth-order valence-corrected chi connectivity index (χ4v) is 4.12. The molecule has 0 spiro atoms. The number of carbonyl (C=O) groups is 2. The molecule has 1 N–H and O–H groups in total. The molecule has 0 aromatic heterocycles. The second-order valence-electron chi connectivity index (χ2n) is 8.79. The monoisotopic (exact) mass is 440 g/mol. The van der Waals surface area contributed by atoms with Gasteiger partial charge in [-0.05, 0) is 67.8 Å². The van der Waals surface area contributed by atoms with Gasteiger partial charge in [0.25, 0.3) is 11.7 Å². The number of carbonyl (C=O) groups excluding carboxylic acids is 2. The lowest BCUT2D eigenvalue weighted by Gasteiger charge is -2.26. The number of nitrogens with zero attached hydrogens (tertiary/aromatic N) is 2. The Morgan fingerprint density at radius 2 is 1.48 bits per heavy atom. The van der Waals surface area contributed by atoms with Crippen LogP contribution >= 0.6 is 0 Å². The van der Waals surface area contributed by atoms with Crippen molar-refractivity contribution in [2.75, 3.05) is 23.9 Å². The van der Waals surface area contributed by atoms with Crippen LogP contribution in [0.3, 0.4) is 0 Å². The zero-order valence-electron chi connectivity index (χ0n) is 19.6. The summed E-state index contributed by atoms with van der Waals surface area (Å²) in [7, 11) is 3.90. The lowest BCUT2D eigenvalue weighted by atomic mass is 9.94. The first-order valence-electron chi connectivity index (χ1n) is 10.9. The summed E-state index contributed by atoms with van der Waals surface area (Å²) in [5.41, 5.74) is 6.13. The van der Waals surface area contributed by atoms with Gasteiger partial charge in [0, 0.05) is 31.0 Å². The molecule has 5 heteroatoms. The van der Waals surface area contributed by atoms with Crippen molar-refractivity contribution < 1.29 is 14.7 Å². The number of aryl methyl sites for hydroxylation is 3. The fraction of sp³-hybridized carbons (Fsp3) is 0.214. The summed E-state index contributed by atoms with van der Waals surface area (Å²) < 4.78 is 0. The molecule has 4 rings (SSSR count). The van der Waals surface area contributed by atoms with Crippen LogP contribution in [0.25, 0.3) is 5.76 Å². The molecule has 1 heterocycles. The van der Waals surface area contributed by atoms with Gasteiger partial charge in [0.1, 0.15) is 5.76 Å². The van der Waals surface area contributed by atoms with Crippen molar-refractivity contribution in [1.82, 2.24) is 0 Å². The minimum Gasteiger partial charge on any atom is -0.507 e. The maximum absolute atomic E-state index is 13.3. The number of aliphatic hydroxyl groups excluding tert-OH is 1. The van der Waals surface area contributed by atoms with E-state index in [1.807, 2.05) is 100 Å². The van der Waals surface area contributed by atoms with Gasteiger partial charge in [0.05, 0.1) is 11.6 Å². The van der Waals surface area contributed by atoms with Crippen LogP contribution in [0.4, 0.5) is 11.4 Å². The zero-order chi connectivity index (χ0) is 23.9. The summed E-state index contributed by atoms with van der Waals surface area (Å²) in [5, 5.41) is 11.3. The van der Waals surface area contributed by atoms with Gasteiger partial charge in [-0.25, -0.2) is 0 Å². The van der Waals surface area contributed by atoms with Crippen molar-refractivity contribution in [2.45, 2.75) is 26.8 Å². The molecule has 5 nitrogen and oxygen atoms in total. The Labute approximate surface area is 194 Å². The van der Waals surface area contributed by atoms with E-state index < -0.39 is 17.7 Å². The second kappa shape index (κ2) is 8.58. The quantitative estimate of drug-likeness (QED) is 0.340. The summed E-state index contributed by atoms with van der Waals surface area (Å²) in [6.07, 6.45) is 0. The number of anilines is 2. The minimum absolute atomic E-state index is 0.0985. The van der Waals surface area contributed by atoms with E-state index in [9.17, 15) is 14.7 Å². The first-order valence-corrected chi connectivity index (χ1v) is 10.9. The molecule has 1 aliphatic heterocycles. The Kier molecular flexibility index (Phi) is 5.81. The highest BCUT2D eigenvalue weighted by Gasteiger charge is 2.46. The molecule has 33 heavy (non-hydrogen) atoms. The van der Waals surface area contributed by atoms with E-state index in [4.69, 9.17) is 0 Å². The van der Waals surface area contributed by atoms with Gasteiger partial charge in [-0.2, -0.15) is 0 Å². The van der Waals surface area contributed by atoms with Gasteiger partial charge in [0.15, 0.2) is 0 Å². The molecule has 0 aliphatic carbocycles. The standard InChI is InChI=1S/C28H28N2O3/c1-17-6-12-23(13-7-17)30-25(20-10-14-22(15-11-20)29(4)5)24(27(32)28(30)33)26(31)21-9-8-18(2)19(3)16-21/h6-16,25,31H,1-5H3/b26-24-. The zero-order valence-corrected chi connectivity index (χ0v) is 19.6. The number of ketones is 1. The number of aliphatic hydroxyl groups is 1. The van der Waals surface area contributed by atoms with Crippen LogP contribution in [0.5, 0.6) is 0 Å². The largest absolute Gasteiger partial charge is 0.507 e. The molecule has 3 aromatic rings. The highest BCUT2D eigenvalue weighted by Crippen LogP contribution is 2.42. The first-order chi connectivity index (χ1) is 15.7. The molecule has 3 aromatic carbocycles. The minimum atomic E-state index is -0.731. The summed E-state index contributed by atoms with van der Waals surface area (Å²) in [6.45, 7) is 5.91. The normalized spacial score (nSPS) is 17.5. The predicted molar refractivity (Wildman–Crippen MR) is 133 cm³/mol. The number of amides is 1. The Balaban J connectivity index is 1.93. The fourth-order valence-electron chi connectivity index (χ4n) is 4.12. The van der Waals surface area contributed by atoms with Gasteiger partial charge in [-0.1, -0.05) is 42.0 Å². The van der Waals surface area contributed by atoms with Gasteiger partial charge >= 0.3 is 0 Å². The molecule has 0 radical (unpaired) electrons. The summed E-state index contributed by atoms with van der Waals surface area (Å²) >= 11 is 0. The molecule has 0 bridgehead atoms. The molecule has 168 valence electrons. The van der Waals surface area contributed by atoms with Crippen molar-refractivity contribution in [1.29, 1.82) is 0 Å². The summed E-state index contributed by atoms with van der Waals surface area (Å²) in [4.78, 5) is 30.0. The maximum atomic E-state index is 13.3. The van der Waals surface area contributed by atoms with Gasteiger partial charge in [-0.3, -0.25) is 14.5 Å². The third kappa shape index (κ3) is 4.02. The topological polar surface area (TPSA) is 60.9 Å². The Morgan fingerprint density at radius 1 is 0.848 bits per heavy atom. The van der Waals surface area contributed by atoms with Gasteiger partial charge < -0.3 is 10.0 Å². The van der Waals surface area contributed by atoms with Crippen LogP contribution in [0.15, 0.2) is 72.3 Å².